The second-order valence-corrected chi connectivity index (χ2v) is 10.7. The molecule has 0 radical (unpaired) electrons. The van der Waals surface area contributed by atoms with Gasteiger partial charge >= 0.3 is 5.69 Å². The van der Waals surface area contributed by atoms with E-state index in [9.17, 15) is 17.6 Å². The predicted octanol–water partition coefficient (Wildman–Crippen LogP) is 3.59. The molecule has 2 aromatic carbocycles. The third-order valence-corrected chi connectivity index (χ3v) is 6.95. The highest BCUT2D eigenvalue weighted by Crippen LogP contribution is 2.34. The van der Waals surface area contributed by atoms with Gasteiger partial charge in [0.25, 0.3) is 5.88 Å². The van der Waals surface area contributed by atoms with Crippen molar-refractivity contribution in [1.29, 1.82) is 0 Å². The number of hydrogen-bond donors (Lipinski definition) is 0. The first-order chi connectivity index (χ1) is 17.6. The average molecular weight is 530 g/mol. The third kappa shape index (κ3) is 5.17. The average Bonchev–Trinajstić information content (AvgIpc) is 3.11. The molecule has 2 aromatic heterocycles. The van der Waals surface area contributed by atoms with E-state index < -0.39 is 27.4 Å². The zero-order chi connectivity index (χ0) is 26.9. The second-order valence-electron chi connectivity index (χ2n) is 8.54. The van der Waals surface area contributed by atoms with E-state index in [2.05, 4.69) is 4.98 Å². The van der Waals surface area contributed by atoms with E-state index in [0.29, 0.717) is 46.0 Å². The van der Waals surface area contributed by atoms with Crippen molar-refractivity contribution in [2.75, 3.05) is 32.8 Å². The van der Waals surface area contributed by atoms with Crippen molar-refractivity contribution in [3.8, 4) is 28.5 Å². The van der Waals surface area contributed by atoms with Crippen LogP contribution in [0.3, 0.4) is 0 Å². The Labute approximate surface area is 214 Å². The van der Waals surface area contributed by atoms with Gasteiger partial charge in [0.05, 0.1) is 49.3 Å². The number of ether oxygens (including phenoxy) is 3. The lowest BCUT2D eigenvalue weighted by Gasteiger charge is -2.19. The standard InChI is InChI=1S/C26H28FN3O6S/c1-6-36-25-23(34-3)12-10-19(28-25)22(15-37(5,32)33)30-20-11-7-16(13-21(20)29(2)26(30)31)18-9-8-17(27)14-24(18)35-4/h7-14,22H,6,15H2,1-5H3. The number of hydrogen-bond acceptors (Lipinski definition) is 7. The Hall–Kier alpha value is -3.86. The molecule has 0 amide bonds. The van der Waals surface area contributed by atoms with Crippen molar-refractivity contribution in [3.63, 3.8) is 0 Å². The molecule has 0 spiro atoms. The molecular weight excluding hydrogens is 501 g/mol. The second kappa shape index (κ2) is 10.3. The number of rotatable bonds is 9. The summed E-state index contributed by atoms with van der Waals surface area (Å²) in [6.45, 7) is 2.12. The van der Waals surface area contributed by atoms with Crippen molar-refractivity contribution in [1.82, 2.24) is 14.1 Å². The Bertz CT molecular complexity index is 1630. The lowest BCUT2D eigenvalue weighted by molar-refractivity contribution is 0.296. The third-order valence-electron chi connectivity index (χ3n) is 6.03. The highest BCUT2D eigenvalue weighted by Gasteiger charge is 2.27. The Balaban J connectivity index is 1.93. The Morgan fingerprint density at radius 1 is 1.00 bits per heavy atom. The Morgan fingerprint density at radius 2 is 1.73 bits per heavy atom. The number of benzene rings is 2. The van der Waals surface area contributed by atoms with Crippen LogP contribution in [0.1, 0.15) is 18.7 Å². The van der Waals surface area contributed by atoms with Crippen LogP contribution in [0, 0.1) is 5.82 Å². The van der Waals surface area contributed by atoms with Crippen LogP contribution < -0.4 is 19.9 Å². The fourth-order valence-electron chi connectivity index (χ4n) is 4.34. The maximum atomic E-state index is 13.7. The van der Waals surface area contributed by atoms with Crippen molar-refractivity contribution < 1.29 is 27.0 Å². The first-order valence-corrected chi connectivity index (χ1v) is 13.5. The van der Waals surface area contributed by atoms with E-state index in [1.54, 1.807) is 50.4 Å². The molecule has 0 aliphatic rings. The summed E-state index contributed by atoms with van der Waals surface area (Å²) in [6.07, 6.45) is 1.11. The molecule has 37 heavy (non-hydrogen) atoms. The number of pyridine rings is 1. The lowest BCUT2D eigenvalue weighted by Crippen LogP contribution is -2.31. The number of sulfone groups is 1. The Kier molecular flexibility index (Phi) is 7.26. The largest absolute Gasteiger partial charge is 0.496 e. The van der Waals surface area contributed by atoms with Crippen LogP contribution in [0.4, 0.5) is 4.39 Å². The highest BCUT2D eigenvalue weighted by atomic mass is 32.2. The molecule has 4 aromatic rings. The Morgan fingerprint density at radius 3 is 2.38 bits per heavy atom. The van der Waals surface area contributed by atoms with Crippen molar-refractivity contribution in [2.45, 2.75) is 13.0 Å². The molecule has 11 heteroatoms. The molecule has 4 rings (SSSR count). The number of aryl methyl sites for hydroxylation is 1. The van der Waals surface area contributed by atoms with Crippen LogP contribution in [0.25, 0.3) is 22.2 Å². The summed E-state index contributed by atoms with van der Waals surface area (Å²) in [5, 5.41) is 0. The van der Waals surface area contributed by atoms with Gasteiger partial charge < -0.3 is 14.2 Å². The fraction of sp³-hybridized carbons (Fsp3) is 0.308. The van der Waals surface area contributed by atoms with E-state index in [0.717, 1.165) is 6.26 Å². The summed E-state index contributed by atoms with van der Waals surface area (Å²) in [6, 6.07) is 11.9. The zero-order valence-electron chi connectivity index (χ0n) is 21.2. The van der Waals surface area contributed by atoms with Crippen LogP contribution in [0.15, 0.2) is 53.3 Å². The van der Waals surface area contributed by atoms with Crippen LogP contribution in [0.5, 0.6) is 17.4 Å². The van der Waals surface area contributed by atoms with Gasteiger partial charge in [-0.3, -0.25) is 9.13 Å². The molecule has 0 N–H and O–H groups in total. The summed E-state index contributed by atoms with van der Waals surface area (Å²) in [5.74, 6) is 0.170. The molecule has 196 valence electrons. The van der Waals surface area contributed by atoms with E-state index in [4.69, 9.17) is 14.2 Å². The molecule has 1 unspecified atom stereocenters. The van der Waals surface area contributed by atoms with Crippen molar-refractivity contribution in [2.24, 2.45) is 7.05 Å². The van der Waals surface area contributed by atoms with Crippen LogP contribution in [-0.2, 0) is 16.9 Å². The molecule has 0 fully saturated rings. The molecule has 0 saturated carbocycles. The number of nitrogens with zero attached hydrogens (tertiary/aromatic N) is 3. The smallest absolute Gasteiger partial charge is 0.329 e. The summed E-state index contributed by atoms with van der Waals surface area (Å²) in [5.41, 5.74) is 2.36. The molecule has 0 aliphatic heterocycles. The van der Waals surface area contributed by atoms with Crippen molar-refractivity contribution in [3.05, 3.63) is 70.5 Å². The minimum Gasteiger partial charge on any atom is -0.496 e. The summed E-state index contributed by atoms with van der Waals surface area (Å²) >= 11 is 0. The predicted molar refractivity (Wildman–Crippen MR) is 139 cm³/mol. The first-order valence-electron chi connectivity index (χ1n) is 11.5. The maximum absolute atomic E-state index is 13.7. The molecule has 1 atom stereocenters. The number of aromatic nitrogens is 3. The number of imidazole rings is 1. The summed E-state index contributed by atoms with van der Waals surface area (Å²) < 4.78 is 57.8. The van der Waals surface area contributed by atoms with Crippen LogP contribution >= 0.6 is 0 Å². The molecule has 2 heterocycles. The molecule has 0 saturated heterocycles. The maximum Gasteiger partial charge on any atom is 0.329 e. The minimum absolute atomic E-state index is 0.208. The molecule has 9 nitrogen and oxygen atoms in total. The van der Waals surface area contributed by atoms with Gasteiger partial charge in [0.2, 0.25) is 0 Å². The molecule has 0 bridgehead atoms. The van der Waals surface area contributed by atoms with E-state index in [-0.39, 0.29) is 11.6 Å². The van der Waals surface area contributed by atoms with Gasteiger partial charge in [0.15, 0.2) is 5.75 Å². The summed E-state index contributed by atoms with van der Waals surface area (Å²) in [7, 11) is 1.01. The zero-order valence-corrected chi connectivity index (χ0v) is 22.0. The quantitative estimate of drug-likeness (QED) is 0.327. The number of fused-ring (bicyclic) bond motifs is 1. The lowest BCUT2D eigenvalue weighted by atomic mass is 10.0. The van der Waals surface area contributed by atoms with Gasteiger partial charge in [-0.15, -0.1) is 0 Å². The minimum atomic E-state index is -3.53. The first kappa shape index (κ1) is 26.2. The number of halogens is 1. The fourth-order valence-corrected chi connectivity index (χ4v) is 5.23. The van der Waals surface area contributed by atoms with Gasteiger partial charge in [-0.05, 0) is 48.9 Å². The number of methoxy groups -OCH3 is 2. The van der Waals surface area contributed by atoms with E-state index in [1.807, 2.05) is 0 Å². The van der Waals surface area contributed by atoms with Crippen LogP contribution in [0.2, 0.25) is 0 Å². The summed E-state index contributed by atoms with van der Waals surface area (Å²) in [4.78, 5) is 18.0. The molecule has 0 aliphatic carbocycles. The van der Waals surface area contributed by atoms with E-state index in [1.165, 1.54) is 35.5 Å². The van der Waals surface area contributed by atoms with Crippen LogP contribution in [-0.4, -0.2) is 55.4 Å². The van der Waals surface area contributed by atoms with Gasteiger partial charge in [-0.1, -0.05) is 6.07 Å². The van der Waals surface area contributed by atoms with Gasteiger partial charge in [0.1, 0.15) is 21.4 Å². The molecular formula is C26H28FN3O6S. The SMILES string of the molecule is CCOc1nc(C(CS(C)(=O)=O)n2c(=O)n(C)c3cc(-c4ccc(F)cc4OC)ccc32)ccc1OC. The monoisotopic (exact) mass is 529 g/mol. The highest BCUT2D eigenvalue weighted by molar-refractivity contribution is 7.90. The van der Waals surface area contributed by atoms with Crippen molar-refractivity contribution >= 4 is 20.9 Å². The van der Waals surface area contributed by atoms with Gasteiger partial charge in [0, 0.05) is 24.9 Å². The topological polar surface area (TPSA) is 102 Å². The van der Waals surface area contributed by atoms with E-state index >= 15 is 0 Å². The van der Waals surface area contributed by atoms with Gasteiger partial charge in [-0.2, -0.15) is 0 Å². The van der Waals surface area contributed by atoms with Gasteiger partial charge in [-0.25, -0.2) is 22.6 Å². The normalized spacial score (nSPS) is 12.5.